The van der Waals surface area contributed by atoms with Gasteiger partial charge in [-0.15, -0.1) is 15.3 Å². The van der Waals surface area contributed by atoms with Gasteiger partial charge in [0, 0.05) is 86.2 Å². The van der Waals surface area contributed by atoms with Crippen LogP contribution in [0, 0.1) is 32.5 Å². The number of phenols is 3. The molecule has 16 heteroatoms. The molecule has 0 amide bonds. The smallest absolute Gasteiger partial charge is 0.180 e. The number of ether oxygens (including phenoxy) is 1. The molecule has 1 aliphatic rings. The van der Waals surface area contributed by atoms with Crippen LogP contribution in [0.25, 0.3) is 66.1 Å². The highest BCUT2D eigenvalue weighted by Gasteiger charge is 2.33. The molecule has 15 nitrogen and oxygen atoms in total. The molecule has 3 N–H and O–H groups in total. The molecule has 0 spiro atoms. The molecule has 0 saturated carbocycles. The molecule has 12 rings (SSSR count). The monoisotopic (exact) mass is 1040 g/mol. The van der Waals surface area contributed by atoms with Crippen LogP contribution in [0.3, 0.4) is 0 Å². The largest absolute Gasteiger partial charge is 0.507 e. The molecule has 1 fully saturated rings. The van der Waals surface area contributed by atoms with Crippen LogP contribution < -0.4 is 0 Å². The van der Waals surface area contributed by atoms with Crippen LogP contribution in [0.5, 0.6) is 17.2 Å². The molecule has 8 heterocycles. The fraction of sp³-hybridized carbons (Fsp3) is 0.226. The molecular formula is C62H57FN10O5. The van der Waals surface area contributed by atoms with Gasteiger partial charge < -0.3 is 24.5 Å². The average molecular weight is 1040 g/mol. The van der Waals surface area contributed by atoms with Gasteiger partial charge in [0.15, 0.2) is 6.39 Å². The van der Waals surface area contributed by atoms with Crippen molar-refractivity contribution in [2.24, 2.45) is 5.92 Å². The van der Waals surface area contributed by atoms with Crippen molar-refractivity contribution in [3.63, 3.8) is 0 Å². The van der Waals surface area contributed by atoms with Crippen LogP contribution in [0.2, 0.25) is 0 Å². The summed E-state index contributed by atoms with van der Waals surface area (Å²) in [5.74, 6) is 0.789. The van der Waals surface area contributed by atoms with E-state index in [-0.39, 0.29) is 28.7 Å². The number of fused-ring (bicyclic) bond motifs is 3. The Bertz CT molecular complexity index is 3910. The fourth-order valence-corrected chi connectivity index (χ4v) is 9.87. The number of aryl methyl sites for hydroxylation is 7. The van der Waals surface area contributed by atoms with Crippen LogP contribution in [-0.4, -0.2) is 78.1 Å². The average Bonchev–Trinajstić information content (AvgIpc) is 4.10. The van der Waals surface area contributed by atoms with E-state index in [1.54, 1.807) is 67.6 Å². The molecule has 7 aromatic heterocycles. The molecular weight excluding hydrogens is 984 g/mol. The third-order valence-corrected chi connectivity index (χ3v) is 13.8. The van der Waals surface area contributed by atoms with Crippen molar-refractivity contribution in [1.82, 2.24) is 50.5 Å². The quantitative estimate of drug-likeness (QED) is 0.110. The third kappa shape index (κ3) is 11.9. The molecule has 0 bridgehead atoms. The Labute approximate surface area is 450 Å². The number of rotatable bonds is 11. The minimum Gasteiger partial charge on any atom is -0.507 e. The van der Waals surface area contributed by atoms with Crippen LogP contribution in [0.1, 0.15) is 65.3 Å². The first-order chi connectivity index (χ1) is 37.8. The van der Waals surface area contributed by atoms with Gasteiger partial charge in [-0.25, -0.2) is 9.37 Å². The second-order valence-corrected chi connectivity index (χ2v) is 20.3. The zero-order valence-corrected chi connectivity index (χ0v) is 43.9. The van der Waals surface area contributed by atoms with Crippen molar-refractivity contribution in [2.75, 3.05) is 6.61 Å². The Morgan fingerprint density at radius 3 is 1.40 bits per heavy atom. The molecule has 11 aromatic rings. The molecule has 1 atom stereocenters. The van der Waals surface area contributed by atoms with Crippen LogP contribution in [-0.2, 0) is 36.8 Å². The van der Waals surface area contributed by atoms with Gasteiger partial charge in [-0.05, 0) is 168 Å². The lowest BCUT2D eigenvalue weighted by molar-refractivity contribution is 0.0350. The predicted molar refractivity (Wildman–Crippen MR) is 297 cm³/mol. The Kier molecular flexibility index (Phi) is 15.4. The summed E-state index contributed by atoms with van der Waals surface area (Å²) in [6.07, 6.45) is 18.3. The summed E-state index contributed by atoms with van der Waals surface area (Å²) < 4.78 is 23.9. The van der Waals surface area contributed by atoms with E-state index in [1.165, 1.54) is 18.5 Å². The first-order valence-corrected chi connectivity index (χ1v) is 25.7. The summed E-state index contributed by atoms with van der Waals surface area (Å²) in [6, 6.07) is 28.9. The minimum atomic E-state index is -0.240. The van der Waals surface area contributed by atoms with Gasteiger partial charge in [-0.2, -0.15) is 15.3 Å². The Hall–Kier alpha value is -9.15. The van der Waals surface area contributed by atoms with E-state index in [9.17, 15) is 19.7 Å². The van der Waals surface area contributed by atoms with Crippen molar-refractivity contribution < 1.29 is 28.9 Å². The van der Waals surface area contributed by atoms with Gasteiger partial charge in [0.1, 0.15) is 46.4 Å². The van der Waals surface area contributed by atoms with Crippen molar-refractivity contribution in [3.8, 4) is 51.0 Å². The lowest BCUT2D eigenvalue weighted by Gasteiger charge is -2.16. The van der Waals surface area contributed by atoms with Crippen LogP contribution in [0.15, 0.2) is 151 Å². The fourth-order valence-electron chi connectivity index (χ4n) is 9.87. The van der Waals surface area contributed by atoms with Gasteiger partial charge in [0.05, 0.1) is 35.0 Å². The van der Waals surface area contributed by atoms with E-state index in [0.29, 0.717) is 59.0 Å². The number of pyridine rings is 3. The number of hydrogen-bond donors (Lipinski definition) is 3. The van der Waals surface area contributed by atoms with E-state index in [0.717, 1.165) is 103 Å². The lowest BCUT2D eigenvalue weighted by Crippen LogP contribution is -2.17. The number of halogens is 1. The molecule has 0 aliphatic carbocycles. The molecule has 1 aliphatic heterocycles. The summed E-state index contributed by atoms with van der Waals surface area (Å²) in [5.41, 5.74) is 11.4. The second-order valence-electron chi connectivity index (χ2n) is 20.3. The van der Waals surface area contributed by atoms with Gasteiger partial charge in [0.2, 0.25) is 0 Å². The molecule has 78 heavy (non-hydrogen) atoms. The van der Waals surface area contributed by atoms with E-state index < -0.39 is 0 Å². The van der Waals surface area contributed by atoms with Gasteiger partial charge >= 0.3 is 0 Å². The summed E-state index contributed by atoms with van der Waals surface area (Å²) in [5, 5.41) is 63.1. The van der Waals surface area contributed by atoms with E-state index in [2.05, 4.69) is 64.4 Å². The summed E-state index contributed by atoms with van der Waals surface area (Å²) in [7, 11) is 0. The van der Waals surface area contributed by atoms with E-state index >= 15 is 0 Å². The minimum absolute atomic E-state index is 0.0697. The number of hydrogen-bond acceptors (Lipinski definition) is 15. The highest BCUT2D eigenvalue weighted by Crippen LogP contribution is 2.38. The Morgan fingerprint density at radius 1 is 0.526 bits per heavy atom. The SMILES string of the molecule is Cc1ccc(-c2nnc(CCc3ccc(F)cc3)c3cnccc23)c(O)c1.Cc1ccc(-c2nnc(CCc3cocn3)c3cnccc23)c(O)c1.Cc1ccc(-c2nnc(C[C@H]3COC(C)(C)C3)c3cnccc23)c(O)c1. The van der Waals surface area contributed by atoms with Crippen molar-refractivity contribution in [2.45, 2.75) is 78.7 Å². The summed E-state index contributed by atoms with van der Waals surface area (Å²) >= 11 is 0. The van der Waals surface area contributed by atoms with Crippen molar-refractivity contribution in [3.05, 3.63) is 198 Å². The van der Waals surface area contributed by atoms with E-state index in [1.807, 2.05) is 81.6 Å². The maximum atomic E-state index is 13.1. The molecule has 4 aromatic carbocycles. The van der Waals surface area contributed by atoms with Gasteiger partial charge in [-0.3, -0.25) is 15.0 Å². The van der Waals surface area contributed by atoms with Crippen LogP contribution in [0.4, 0.5) is 4.39 Å². The van der Waals surface area contributed by atoms with Crippen molar-refractivity contribution >= 4 is 32.3 Å². The Balaban J connectivity index is 0.000000132. The number of phenolic OH excluding ortho intramolecular Hbond substituents is 3. The topological polar surface area (TPSA) is 212 Å². The number of aromatic hydroxyl groups is 3. The zero-order valence-electron chi connectivity index (χ0n) is 43.9. The van der Waals surface area contributed by atoms with Gasteiger partial charge in [0.25, 0.3) is 0 Å². The molecule has 0 radical (unpaired) electrons. The zero-order chi connectivity index (χ0) is 54.3. The second kappa shape index (κ2) is 23.0. The van der Waals surface area contributed by atoms with Gasteiger partial charge in [-0.1, -0.05) is 30.3 Å². The highest BCUT2D eigenvalue weighted by molar-refractivity contribution is 5.98. The first kappa shape index (κ1) is 52.3. The van der Waals surface area contributed by atoms with Crippen LogP contribution >= 0.6 is 0 Å². The summed E-state index contributed by atoms with van der Waals surface area (Å²) in [4.78, 5) is 16.9. The number of benzene rings is 4. The third-order valence-electron chi connectivity index (χ3n) is 13.8. The normalized spacial score (nSPS) is 13.7. The number of oxazole rings is 1. The number of aromatic nitrogens is 10. The maximum absolute atomic E-state index is 13.1. The predicted octanol–water partition coefficient (Wildman–Crippen LogP) is 12.2. The first-order valence-electron chi connectivity index (χ1n) is 25.7. The Morgan fingerprint density at radius 2 is 0.974 bits per heavy atom. The highest BCUT2D eigenvalue weighted by atomic mass is 19.1. The maximum Gasteiger partial charge on any atom is 0.180 e. The molecule has 1 saturated heterocycles. The van der Waals surface area contributed by atoms with Crippen molar-refractivity contribution in [1.29, 1.82) is 0 Å². The lowest BCUT2D eigenvalue weighted by atomic mass is 9.92. The molecule has 0 unspecified atom stereocenters. The summed E-state index contributed by atoms with van der Waals surface area (Å²) in [6.45, 7) is 10.8. The van der Waals surface area contributed by atoms with E-state index in [4.69, 9.17) is 9.15 Å². The number of nitrogens with zero attached hydrogens (tertiary/aromatic N) is 10. The standard InChI is InChI=1S/C22H18FN3O.C21H23N3O2.C19H16N4O2/c1-14-2-8-18(21(27)12-14)22-17-10-11-24-13-19(17)20(25-26-22)9-5-15-3-6-16(23)7-4-15;1-13-4-5-16(19(25)8-13)20-15-6-7-22-11-17(15)18(23-24-20)9-14-10-21(2,3)26-12-14;1-12-2-4-15(18(24)8-12)19-14-6-7-20-9-16(14)17(22-23-19)5-3-13-10-25-11-21-13/h2-4,6-8,10-13,27H,5,9H2,1H3;4-8,11,14,25H,9-10,12H2,1-3H3;2,4,6-11,24H,3,5H2,1H3/t;14-;/m.1./s1. The molecule has 392 valence electrons.